The average Bonchev–Trinajstić information content (AvgIpc) is 2.44. The minimum Gasteiger partial charge on any atom is -0.465 e. The number of nitrogens with one attached hydrogen (secondary N) is 1. The maximum absolute atomic E-state index is 11.7. The maximum Gasteiger partial charge on any atom is 0.339 e. The Balaban J connectivity index is 2.72. The molecule has 3 N–H and O–H groups in total. The van der Waals surface area contributed by atoms with Gasteiger partial charge in [-0.15, -0.1) is 0 Å². The molecule has 0 spiro atoms. The monoisotopic (exact) mass is 300 g/mol. The van der Waals surface area contributed by atoms with Crippen molar-refractivity contribution in [2.24, 2.45) is 5.73 Å². The molecule has 1 amide bonds. The fraction of sp³-hybridized carbons (Fsp3) is 0.385. The molecule has 0 heterocycles. The normalized spacial score (nSPS) is 11.8. The number of halogens is 1. The van der Waals surface area contributed by atoms with Gasteiger partial charge in [0.1, 0.15) is 0 Å². The average molecular weight is 301 g/mol. The maximum atomic E-state index is 11.7. The molecule has 0 bridgehead atoms. The zero-order valence-electron chi connectivity index (χ0n) is 11.3. The smallest absolute Gasteiger partial charge is 0.339 e. The molecule has 6 nitrogen and oxygen atoms in total. The van der Waals surface area contributed by atoms with Crippen molar-refractivity contribution in [2.75, 3.05) is 26.1 Å². The zero-order chi connectivity index (χ0) is 15.1. The fourth-order valence-corrected chi connectivity index (χ4v) is 1.81. The molecule has 110 valence electrons. The van der Waals surface area contributed by atoms with E-state index in [4.69, 9.17) is 22.1 Å². The van der Waals surface area contributed by atoms with Gasteiger partial charge in [-0.25, -0.2) is 4.79 Å². The highest BCUT2D eigenvalue weighted by Crippen LogP contribution is 2.21. The number of anilines is 1. The summed E-state index contributed by atoms with van der Waals surface area (Å²) in [4.78, 5) is 23.1. The van der Waals surface area contributed by atoms with Crippen LogP contribution in [0.1, 0.15) is 16.8 Å². The van der Waals surface area contributed by atoms with E-state index in [9.17, 15) is 9.59 Å². The molecule has 7 heteroatoms. The molecule has 20 heavy (non-hydrogen) atoms. The van der Waals surface area contributed by atoms with Crippen molar-refractivity contribution in [3.63, 3.8) is 0 Å². The van der Waals surface area contributed by atoms with Crippen LogP contribution in [0.2, 0.25) is 5.02 Å². The van der Waals surface area contributed by atoms with Crippen LogP contribution in [0, 0.1) is 0 Å². The molecular weight excluding hydrogens is 284 g/mol. The van der Waals surface area contributed by atoms with Crippen molar-refractivity contribution in [2.45, 2.75) is 12.5 Å². The quantitative estimate of drug-likeness (QED) is 0.776. The van der Waals surface area contributed by atoms with Gasteiger partial charge < -0.3 is 20.5 Å². The molecule has 1 aromatic rings. The largest absolute Gasteiger partial charge is 0.465 e. The predicted octanol–water partition coefficient (Wildman–Crippen LogP) is 1.43. The third-order valence-electron chi connectivity index (χ3n) is 2.67. The minimum absolute atomic E-state index is 0.142. The van der Waals surface area contributed by atoms with Gasteiger partial charge in [0.2, 0.25) is 5.91 Å². The lowest BCUT2D eigenvalue weighted by Gasteiger charge is -2.13. The standard InChI is InChI=1S/C13H17ClN2O4/c1-19-9(7-15)6-12(17)16-8-3-4-10(11(14)5-8)13(18)20-2/h3-5,9H,6-7,15H2,1-2H3,(H,16,17). The highest BCUT2D eigenvalue weighted by molar-refractivity contribution is 6.33. The Kier molecular flexibility index (Phi) is 6.44. The second-order valence-corrected chi connectivity index (χ2v) is 4.44. The number of hydrogen-bond acceptors (Lipinski definition) is 5. The molecule has 0 aliphatic rings. The summed E-state index contributed by atoms with van der Waals surface area (Å²) in [6.45, 7) is 0.256. The van der Waals surface area contributed by atoms with Crippen LogP contribution in [-0.4, -0.2) is 38.7 Å². The summed E-state index contributed by atoms with van der Waals surface area (Å²) >= 11 is 5.95. The summed E-state index contributed by atoms with van der Waals surface area (Å²) in [6, 6.07) is 4.54. The van der Waals surface area contributed by atoms with Gasteiger partial charge in [0.25, 0.3) is 0 Å². The van der Waals surface area contributed by atoms with Crippen molar-refractivity contribution in [1.29, 1.82) is 0 Å². The molecule has 1 unspecified atom stereocenters. The first kappa shape index (κ1) is 16.4. The topological polar surface area (TPSA) is 90.7 Å². The van der Waals surface area contributed by atoms with Crippen LogP contribution in [0.3, 0.4) is 0 Å². The van der Waals surface area contributed by atoms with E-state index in [0.29, 0.717) is 5.69 Å². The second kappa shape index (κ2) is 7.84. The molecule has 0 saturated heterocycles. The highest BCUT2D eigenvalue weighted by Gasteiger charge is 2.14. The number of esters is 1. The van der Waals surface area contributed by atoms with Gasteiger partial charge in [-0.1, -0.05) is 11.6 Å². The number of carbonyl (C=O) groups is 2. The molecule has 1 atom stereocenters. The van der Waals surface area contributed by atoms with Gasteiger partial charge in [0.15, 0.2) is 0 Å². The molecule has 0 aliphatic heterocycles. The summed E-state index contributed by atoms with van der Waals surface area (Å²) < 4.78 is 9.60. The summed E-state index contributed by atoms with van der Waals surface area (Å²) in [5.74, 6) is -0.778. The predicted molar refractivity (Wildman–Crippen MR) is 75.9 cm³/mol. The van der Waals surface area contributed by atoms with Gasteiger partial charge in [-0.2, -0.15) is 0 Å². The van der Waals surface area contributed by atoms with Gasteiger partial charge in [-0.05, 0) is 18.2 Å². The number of benzene rings is 1. The molecule has 0 saturated carbocycles. The summed E-state index contributed by atoms with van der Waals surface area (Å²) in [6.07, 6.45) is -0.191. The van der Waals surface area contributed by atoms with Crippen molar-refractivity contribution >= 4 is 29.2 Å². The SMILES string of the molecule is COC(=O)c1ccc(NC(=O)CC(CN)OC)cc1Cl. The van der Waals surface area contributed by atoms with Gasteiger partial charge in [-0.3, -0.25) is 4.79 Å². The van der Waals surface area contributed by atoms with Crippen LogP contribution in [0.25, 0.3) is 0 Å². The van der Waals surface area contributed by atoms with E-state index in [1.807, 2.05) is 0 Å². The number of ether oxygens (including phenoxy) is 2. The van der Waals surface area contributed by atoms with Gasteiger partial charge in [0, 0.05) is 19.3 Å². The van der Waals surface area contributed by atoms with Crippen molar-refractivity contribution in [1.82, 2.24) is 0 Å². The van der Waals surface area contributed by atoms with Crippen LogP contribution in [0.15, 0.2) is 18.2 Å². The van der Waals surface area contributed by atoms with Crippen LogP contribution in [-0.2, 0) is 14.3 Å². The fourth-order valence-electron chi connectivity index (χ4n) is 1.55. The van der Waals surface area contributed by atoms with Gasteiger partial charge in [0.05, 0.1) is 30.2 Å². The minimum atomic E-state index is -0.532. The Morgan fingerprint density at radius 2 is 2.10 bits per heavy atom. The summed E-state index contributed by atoms with van der Waals surface area (Å²) in [5.41, 5.74) is 6.17. The number of hydrogen-bond donors (Lipinski definition) is 2. The zero-order valence-corrected chi connectivity index (χ0v) is 12.1. The molecule has 0 fully saturated rings. The summed E-state index contributed by atoms with van der Waals surface area (Å²) in [7, 11) is 2.76. The van der Waals surface area contributed by atoms with Crippen LogP contribution < -0.4 is 11.1 Å². The first-order chi connectivity index (χ1) is 9.51. The molecule has 1 aromatic carbocycles. The van der Waals surface area contributed by atoms with Crippen molar-refractivity contribution < 1.29 is 19.1 Å². The number of carbonyl (C=O) groups excluding carboxylic acids is 2. The van der Waals surface area contributed by atoms with E-state index in [0.717, 1.165) is 0 Å². The summed E-state index contributed by atoms with van der Waals surface area (Å²) in [5, 5.41) is 2.86. The van der Waals surface area contributed by atoms with E-state index < -0.39 is 5.97 Å². The molecule has 0 aromatic heterocycles. The van der Waals surface area contributed by atoms with Crippen LogP contribution >= 0.6 is 11.6 Å². The number of methoxy groups -OCH3 is 2. The van der Waals surface area contributed by atoms with Gasteiger partial charge >= 0.3 is 5.97 Å². The third kappa shape index (κ3) is 4.48. The number of rotatable bonds is 6. The Bertz CT molecular complexity index is 489. The highest BCUT2D eigenvalue weighted by atomic mass is 35.5. The second-order valence-electron chi connectivity index (χ2n) is 4.03. The van der Waals surface area contributed by atoms with E-state index in [1.54, 1.807) is 6.07 Å². The van der Waals surface area contributed by atoms with E-state index >= 15 is 0 Å². The Hall–Kier alpha value is -1.63. The lowest BCUT2D eigenvalue weighted by Crippen LogP contribution is -2.28. The lowest BCUT2D eigenvalue weighted by atomic mass is 10.2. The van der Waals surface area contributed by atoms with E-state index in [1.165, 1.54) is 26.4 Å². The van der Waals surface area contributed by atoms with E-state index in [2.05, 4.69) is 10.1 Å². The Morgan fingerprint density at radius 1 is 1.40 bits per heavy atom. The van der Waals surface area contributed by atoms with Crippen LogP contribution in [0.5, 0.6) is 0 Å². The Morgan fingerprint density at radius 3 is 2.60 bits per heavy atom. The third-order valence-corrected chi connectivity index (χ3v) is 2.98. The number of nitrogens with two attached hydrogens (primary N) is 1. The molecular formula is C13H17ClN2O4. The van der Waals surface area contributed by atoms with Crippen molar-refractivity contribution in [3.8, 4) is 0 Å². The van der Waals surface area contributed by atoms with E-state index in [-0.39, 0.29) is 35.6 Å². The Labute approximate surface area is 122 Å². The van der Waals surface area contributed by atoms with Crippen molar-refractivity contribution in [3.05, 3.63) is 28.8 Å². The first-order valence-corrected chi connectivity index (χ1v) is 6.30. The molecule has 0 radical (unpaired) electrons. The number of amides is 1. The molecule has 1 rings (SSSR count). The first-order valence-electron chi connectivity index (χ1n) is 5.92. The lowest BCUT2D eigenvalue weighted by molar-refractivity contribution is -0.118. The molecule has 0 aliphatic carbocycles. The van der Waals surface area contributed by atoms with Crippen LogP contribution in [0.4, 0.5) is 5.69 Å².